The summed E-state index contributed by atoms with van der Waals surface area (Å²) in [5.74, 6) is 0.493. The molecule has 0 radical (unpaired) electrons. The summed E-state index contributed by atoms with van der Waals surface area (Å²) in [7, 11) is 0. The van der Waals surface area contributed by atoms with E-state index in [1.807, 2.05) is 6.07 Å². The van der Waals surface area contributed by atoms with Crippen LogP contribution in [-0.2, 0) is 15.8 Å². The lowest BCUT2D eigenvalue weighted by atomic mass is 9.83. The van der Waals surface area contributed by atoms with Crippen LogP contribution in [0, 0.1) is 23.2 Å². The Morgan fingerprint density at radius 1 is 1.03 bits per heavy atom. The summed E-state index contributed by atoms with van der Waals surface area (Å²) in [5, 5.41) is 9.25. The number of hydrogen-bond donors (Lipinski definition) is 0. The summed E-state index contributed by atoms with van der Waals surface area (Å²) >= 11 is 0. The molecule has 6 rings (SSSR count). The minimum Gasteiger partial charge on any atom is -0.341 e. The van der Waals surface area contributed by atoms with Crippen molar-refractivity contribution in [3.05, 3.63) is 76.5 Å². The third-order valence-electron chi connectivity index (χ3n) is 8.15. The van der Waals surface area contributed by atoms with Gasteiger partial charge in [-0.2, -0.15) is 18.4 Å². The van der Waals surface area contributed by atoms with E-state index < -0.39 is 23.8 Å². The number of ketones is 1. The third kappa shape index (κ3) is 4.46. The second-order valence-corrected chi connectivity index (χ2v) is 10.6. The number of fused-ring (bicyclic) bond motifs is 1. The molecular weight excluding hydrogens is 509 g/mol. The Labute approximate surface area is 223 Å². The van der Waals surface area contributed by atoms with Crippen LogP contribution in [0.1, 0.15) is 48.4 Å². The number of carbonyl (C=O) groups excluding carboxylic acids is 3. The van der Waals surface area contributed by atoms with Gasteiger partial charge in [-0.3, -0.25) is 14.5 Å². The Kier molecular flexibility index (Phi) is 5.97. The van der Waals surface area contributed by atoms with Gasteiger partial charge >= 0.3 is 12.2 Å². The highest BCUT2D eigenvalue weighted by Gasteiger charge is 2.49. The molecule has 0 bridgehead atoms. The first kappa shape index (κ1) is 25.2. The molecule has 1 saturated carbocycles. The van der Waals surface area contributed by atoms with Gasteiger partial charge in [0.25, 0.3) is 0 Å². The van der Waals surface area contributed by atoms with Crippen LogP contribution >= 0.6 is 0 Å². The maximum atomic E-state index is 14.2. The summed E-state index contributed by atoms with van der Waals surface area (Å²) in [6, 6.07) is 11.4. The molecular formula is C29H25F3N4O3. The number of halogens is 3. The molecule has 39 heavy (non-hydrogen) atoms. The number of Topliss-reactive ketones (excluding diaryl/α,β-unsaturated/α-hetero) is 1. The monoisotopic (exact) mass is 534 g/mol. The second-order valence-electron chi connectivity index (χ2n) is 10.6. The van der Waals surface area contributed by atoms with Crippen molar-refractivity contribution in [3.8, 4) is 6.07 Å². The van der Waals surface area contributed by atoms with Crippen molar-refractivity contribution in [3.63, 3.8) is 0 Å². The van der Waals surface area contributed by atoms with Gasteiger partial charge in [0.1, 0.15) is 6.54 Å². The number of rotatable bonds is 4. The number of allylic oxidation sites excluding steroid dienone is 1. The summed E-state index contributed by atoms with van der Waals surface area (Å²) in [4.78, 5) is 45.2. The highest BCUT2D eigenvalue weighted by molar-refractivity contribution is 6.07. The molecule has 0 aromatic heterocycles. The molecule has 2 heterocycles. The van der Waals surface area contributed by atoms with Gasteiger partial charge in [0.15, 0.2) is 5.78 Å². The van der Waals surface area contributed by atoms with Crippen molar-refractivity contribution in [2.75, 3.05) is 24.5 Å². The predicted octanol–water partition coefficient (Wildman–Crippen LogP) is 5.05. The number of hydrogen-bond acceptors (Lipinski definition) is 4. The van der Waals surface area contributed by atoms with Crippen LogP contribution in [-0.4, -0.2) is 47.2 Å². The number of carbonyl (C=O) groups is 3. The number of nitriles is 1. The second kappa shape index (κ2) is 9.26. The van der Waals surface area contributed by atoms with E-state index in [9.17, 15) is 32.8 Å². The number of piperidine rings is 1. The lowest BCUT2D eigenvalue weighted by Gasteiger charge is -2.45. The van der Waals surface area contributed by atoms with Crippen molar-refractivity contribution in [2.24, 2.45) is 11.8 Å². The van der Waals surface area contributed by atoms with Crippen LogP contribution in [0.4, 0.5) is 23.7 Å². The average molecular weight is 535 g/mol. The Balaban J connectivity index is 1.47. The first-order chi connectivity index (χ1) is 18.7. The van der Waals surface area contributed by atoms with Gasteiger partial charge in [-0.1, -0.05) is 18.2 Å². The zero-order valence-corrected chi connectivity index (χ0v) is 20.9. The number of anilines is 1. The molecule has 7 nitrogen and oxygen atoms in total. The number of amides is 3. The first-order valence-electron chi connectivity index (χ1n) is 13.0. The molecule has 4 aliphatic rings. The molecule has 1 saturated heterocycles. The summed E-state index contributed by atoms with van der Waals surface area (Å²) in [6.07, 6.45) is -2.52. The van der Waals surface area contributed by atoms with E-state index in [1.54, 1.807) is 29.2 Å². The van der Waals surface area contributed by atoms with Gasteiger partial charge in [0.2, 0.25) is 5.91 Å². The number of nitrogens with zero attached hydrogens (tertiary/aromatic N) is 4. The maximum absolute atomic E-state index is 14.2. The van der Waals surface area contributed by atoms with Crippen LogP contribution in [0.2, 0.25) is 0 Å². The van der Waals surface area contributed by atoms with Gasteiger partial charge in [-0.05, 0) is 67.0 Å². The minimum atomic E-state index is -4.62. The van der Waals surface area contributed by atoms with E-state index in [-0.39, 0.29) is 30.3 Å². The molecule has 2 fully saturated rings. The Bertz CT molecular complexity index is 1430. The molecule has 3 unspecified atom stereocenters. The van der Waals surface area contributed by atoms with Gasteiger partial charge in [-0.15, -0.1) is 0 Å². The number of likely N-dealkylation sites (tertiary alicyclic amines) is 1. The van der Waals surface area contributed by atoms with E-state index in [4.69, 9.17) is 0 Å². The van der Waals surface area contributed by atoms with Crippen molar-refractivity contribution in [1.29, 1.82) is 5.26 Å². The Morgan fingerprint density at radius 2 is 1.74 bits per heavy atom. The molecule has 2 aliphatic carbocycles. The van der Waals surface area contributed by atoms with E-state index in [2.05, 4.69) is 0 Å². The van der Waals surface area contributed by atoms with E-state index in [0.29, 0.717) is 60.2 Å². The van der Waals surface area contributed by atoms with Gasteiger partial charge in [-0.25, -0.2) is 4.79 Å². The van der Waals surface area contributed by atoms with Gasteiger partial charge < -0.3 is 9.80 Å². The van der Waals surface area contributed by atoms with Crippen molar-refractivity contribution in [1.82, 2.24) is 9.80 Å². The van der Waals surface area contributed by atoms with Gasteiger partial charge in [0, 0.05) is 30.8 Å². The lowest BCUT2D eigenvalue weighted by molar-refractivity contribution is -0.137. The molecule has 0 N–H and O–H groups in total. The highest BCUT2D eigenvalue weighted by Crippen LogP contribution is 2.47. The number of alkyl halides is 3. The molecule has 200 valence electrons. The summed E-state index contributed by atoms with van der Waals surface area (Å²) in [5.41, 5.74) is 0.705. The molecule has 3 atom stereocenters. The molecule has 3 amide bonds. The normalized spacial score (nSPS) is 24.5. The highest BCUT2D eigenvalue weighted by atomic mass is 19.4. The third-order valence-corrected chi connectivity index (χ3v) is 8.15. The predicted molar refractivity (Wildman–Crippen MR) is 134 cm³/mol. The first-order valence-corrected chi connectivity index (χ1v) is 13.0. The SMILES string of the molecule is N#Cc1ccc(C2C3=C(CCCC3=O)N(c3cccc(C(F)(F)F)c3)C(=O)N2CC(=O)N2CC3CC3C2)cc1. The molecule has 2 aromatic carbocycles. The Hall–Kier alpha value is -4.13. The van der Waals surface area contributed by atoms with Crippen LogP contribution in [0.25, 0.3) is 0 Å². The van der Waals surface area contributed by atoms with E-state index >= 15 is 0 Å². The van der Waals surface area contributed by atoms with Crippen LogP contribution in [0.5, 0.6) is 0 Å². The van der Waals surface area contributed by atoms with Gasteiger partial charge in [0.05, 0.1) is 28.9 Å². The summed E-state index contributed by atoms with van der Waals surface area (Å²) in [6.45, 7) is 0.928. The molecule has 10 heteroatoms. The van der Waals surface area contributed by atoms with Crippen molar-refractivity contribution < 1.29 is 27.6 Å². The van der Waals surface area contributed by atoms with E-state index in [0.717, 1.165) is 18.6 Å². The largest absolute Gasteiger partial charge is 0.416 e. The zero-order chi connectivity index (χ0) is 27.5. The average Bonchev–Trinajstić information content (AvgIpc) is 3.53. The van der Waals surface area contributed by atoms with Crippen LogP contribution in [0.3, 0.4) is 0 Å². The molecule has 2 aliphatic heterocycles. The van der Waals surface area contributed by atoms with E-state index in [1.165, 1.54) is 21.9 Å². The van der Waals surface area contributed by atoms with Crippen molar-refractivity contribution in [2.45, 2.75) is 37.9 Å². The maximum Gasteiger partial charge on any atom is 0.416 e. The molecule has 0 spiro atoms. The van der Waals surface area contributed by atoms with Crippen molar-refractivity contribution >= 4 is 23.4 Å². The lowest BCUT2D eigenvalue weighted by Crippen LogP contribution is -2.55. The fourth-order valence-corrected chi connectivity index (χ4v) is 6.08. The fourth-order valence-electron chi connectivity index (χ4n) is 6.08. The topological polar surface area (TPSA) is 84.7 Å². The van der Waals surface area contributed by atoms with Crippen LogP contribution in [0.15, 0.2) is 59.8 Å². The minimum absolute atomic E-state index is 0.00447. The van der Waals surface area contributed by atoms with Crippen LogP contribution < -0.4 is 4.90 Å². The fraction of sp³-hybridized carbons (Fsp3) is 0.379. The number of urea groups is 1. The number of benzene rings is 2. The molecule has 2 aromatic rings. The quantitative estimate of drug-likeness (QED) is 0.550. The standard InChI is InChI=1S/C29H25F3N4O3/c30-29(31,32)21-3-1-4-22(12-21)36-23-5-2-6-24(37)26(23)27(18-9-7-17(13-33)8-10-18)35(28(36)39)16-25(38)34-14-19-11-20(19)15-34/h1,3-4,7-10,12,19-20,27H,2,5-6,11,14-16H2. The Morgan fingerprint density at radius 3 is 2.41 bits per heavy atom. The summed E-state index contributed by atoms with van der Waals surface area (Å²) < 4.78 is 40.7. The zero-order valence-electron chi connectivity index (χ0n) is 20.9. The smallest absolute Gasteiger partial charge is 0.341 e.